The van der Waals surface area contributed by atoms with Crippen LogP contribution in [-0.2, 0) is 0 Å². The molecule has 1 saturated heterocycles. The van der Waals surface area contributed by atoms with Crippen LogP contribution in [0.15, 0.2) is 47.1 Å². The average molecular weight is 375 g/mol. The van der Waals surface area contributed by atoms with Gasteiger partial charge in [-0.05, 0) is 43.5 Å². The summed E-state index contributed by atoms with van der Waals surface area (Å²) in [5.41, 5.74) is 1.80. The van der Waals surface area contributed by atoms with Crippen LogP contribution in [0.5, 0.6) is 5.88 Å². The average Bonchev–Trinajstić information content (AvgIpc) is 3.04. The lowest BCUT2D eigenvalue weighted by atomic mass is 10.0. The number of carbonyl (C=O) groups excluding carboxylic acids is 1. The molecule has 0 N–H and O–H groups in total. The molecule has 0 bridgehead atoms. The van der Waals surface area contributed by atoms with Crippen LogP contribution in [0.25, 0.3) is 0 Å². The number of likely N-dealkylation sites (tertiary alicyclic amines) is 1. The minimum atomic E-state index is 0.0378. The van der Waals surface area contributed by atoms with Crippen LogP contribution in [0.2, 0.25) is 0 Å². The minimum absolute atomic E-state index is 0.0378. The molecule has 0 saturated carbocycles. The number of hydrogen-bond donors (Lipinski definition) is 0. The highest BCUT2D eigenvalue weighted by Crippen LogP contribution is 2.34. The molecule has 1 atom stereocenters. The second kappa shape index (κ2) is 7.13. The molecular formula is C18H19BrN2O2. The predicted molar refractivity (Wildman–Crippen MR) is 92.6 cm³/mol. The summed E-state index contributed by atoms with van der Waals surface area (Å²) in [6, 6.07) is 11.8. The van der Waals surface area contributed by atoms with Gasteiger partial charge in [-0.1, -0.05) is 28.1 Å². The third-order valence-electron chi connectivity index (χ3n) is 4.02. The Bertz CT molecular complexity index is 705. The van der Waals surface area contributed by atoms with E-state index < -0.39 is 0 Å². The van der Waals surface area contributed by atoms with E-state index in [0.717, 1.165) is 23.9 Å². The van der Waals surface area contributed by atoms with E-state index in [9.17, 15) is 4.79 Å². The molecule has 0 aliphatic carbocycles. The highest BCUT2D eigenvalue weighted by molar-refractivity contribution is 9.10. The van der Waals surface area contributed by atoms with Gasteiger partial charge in [0, 0.05) is 28.8 Å². The zero-order chi connectivity index (χ0) is 16.2. The molecule has 23 heavy (non-hydrogen) atoms. The quantitative estimate of drug-likeness (QED) is 0.804. The lowest BCUT2D eigenvalue weighted by molar-refractivity contribution is 0.0735. The highest BCUT2D eigenvalue weighted by Gasteiger charge is 2.30. The van der Waals surface area contributed by atoms with Gasteiger partial charge in [-0.25, -0.2) is 4.98 Å². The van der Waals surface area contributed by atoms with E-state index >= 15 is 0 Å². The largest absolute Gasteiger partial charge is 0.478 e. The Balaban J connectivity index is 1.84. The molecule has 1 amide bonds. The Morgan fingerprint density at radius 2 is 2.26 bits per heavy atom. The van der Waals surface area contributed by atoms with Crippen LogP contribution in [0.4, 0.5) is 0 Å². The van der Waals surface area contributed by atoms with Crippen molar-refractivity contribution in [1.82, 2.24) is 9.88 Å². The van der Waals surface area contributed by atoms with Crippen molar-refractivity contribution < 1.29 is 9.53 Å². The van der Waals surface area contributed by atoms with E-state index in [0.29, 0.717) is 18.1 Å². The fourth-order valence-electron chi connectivity index (χ4n) is 3.01. The first-order chi connectivity index (χ1) is 11.2. The minimum Gasteiger partial charge on any atom is -0.478 e. The predicted octanol–water partition coefficient (Wildman–Crippen LogP) is 4.22. The molecule has 1 aromatic heterocycles. The van der Waals surface area contributed by atoms with Crippen molar-refractivity contribution in [2.24, 2.45) is 0 Å². The molecule has 1 aliphatic heterocycles. The second-order valence-electron chi connectivity index (χ2n) is 5.53. The molecule has 5 heteroatoms. The lowest BCUT2D eigenvalue weighted by Crippen LogP contribution is -2.30. The smallest absolute Gasteiger partial charge is 0.254 e. The van der Waals surface area contributed by atoms with E-state index in [-0.39, 0.29) is 11.9 Å². The number of hydrogen-bond acceptors (Lipinski definition) is 3. The number of amides is 1. The maximum atomic E-state index is 12.9. The first kappa shape index (κ1) is 16.0. The first-order valence-corrected chi connectivity index (χ1v) is 8.63. The van der Waals surface area contributed by atoms with Gasteiger partial charge in [0.15, 0.2) is 0 Å². The van der Waals surface area contributed by atoms with E-state index in [1.54, 1.807) is 18.3 Å². The summed E-state index contributed by atoms with van der Waals surface area (Å²) in [6.45, 7) is 3.22. The first-order valence-electron chi connectivity index (χ1n) is 7.84. The molecule has 2 aromatic rings. The summed E-state index contributed by atoms with van der Waals surface area (Å²) in [5, 5.41) is 0. The highest BCUT2D eigenvalue weighted by atomic mass is 79.9. The van der Waals surface area contributed by atoms with Gasteiger partial charge >= 0.3 is 0 Å². The fourth-order valence-corrected chi connectivity index (χ4v) is 3.42. The van der Waals surface area contributed by atoms with Crippen molar-refractivity contribution in [1.29, 1.82) is 0 Å². The van der Waals surface area contributed by atoms with Crippen LogP contribution in [-0.4, -0.2) is 28.9 Å². The number of carbonyl (C=O) groups is 1. The summed E-state index contributed by atoms with van der Waals surface area (Å²) in [7, 11) is 0. The summed E-state index contributed by atoms with van der Waals surface area (Å²) in [6.07, 6.45) is 3.64. The molecule has 1 fully saturated rings. The number of rotatable bonds is 4. The lowest BCUT2D eigenvalue weighted by Gasteiger charge is -2.25. The van der Waals surface area contributed by atoms with E-state index in [4.69, 9.17) is 4.74 Å². The van der Waals surface area contributed by atoms with Gasteiger partial charge < -0.3 is 9.64 Å². The van der Waals surface area contributed by atoms with Gasteiger partial charge in [-0.2, -0.15) is 0 Å². The number of ether oxygens (including phenoxy) is 1. The Morgan fingerprint density at radius 1 is 1.39 bits per heavy atom. The number of nitrogens with zero attached hydrogens (tertiary/aromatic N) is 2. The fraction of sp³-hybridized carbons (Fsp3) is 0.333. The second-order valence-corrected chi connectivity index (χ2v) is 6.44. The number of aromatic nitrogens is 1. The summed E-state index contributed by atoms with van der Waals surface area (Å²) >= 11 is 3.51. The Hall–Kier alpha value is -1.88. The van der Waals surface area contributed by atoms with E-state index in [2.05, 4.69) is 33.0 Å². The number of benzene rings is 1. The standard InChI is InChI=1S/C18H19BrN2O2/c1-2-23-17-12-14(8-9-20-17)18(22)21-10-4-7-16(21)13-5-3-6-15(19)11-13/h3,5-6,8-9,11-12,16H,2,4,7,10H2,1H3. The summed E-state index contributed by atoms with van der Waals surface area (Å²) in [4.78, 5) is 19.0. The van der Waals surface area contributed by atoms with Crippen molar-refractivity contribution in [2.45, 2.75) is 25.8 Å². The van der Waals surface area contributed by atoms with E-state index in [1.165, 1.54) is 5.56 Å². The molecule has 4 nitrogen and oxygen atoms in total. The Morgan fingerprint density at radius 3 is 3.04 bits per heavy atom. The molecule has 120 valence electrons. The maximum absolute atomic E-state index is 12.9. The Kier molecular flexibility index (Phi) is 4.96. The molecule has 1 aliphatic rings. The zero-order valence-electron chi connectivity index (χ0n) is 13.0. The molecule has 1 aromatic carbocycles. The normalized spacial score (nSPS) is 17.3. The third kappa shape index (κ3) is 3.55. The maximum Gasteiger partial charge on any atom is 0.254 e. The zero-order valence-corrected chi connectivity index (χ0v) is 14.6. The summed E-state index contributed by atoms with van der Waals surface area (Å²) in [5.74, 6) is 0.535. The third-order valence-corrected chi connectivity index (χ3v) is 4.51. The van der Waals surface area contributed by atoms with Crippen molar-refractivity contribution in [2.75, 3.05) is 13.2 Å². The van der Waals surface area contributed by atoms with Crippen molar-refractivity contribution in [3.8, 4) is 5.88 Å². The monoisotopic (exact) mass is 374 g/mol. The van der Waals surface area contributed by atoms with Gasteiger partial charge in [0.05, 0.1) is 12.6 Å². The molecule has 0 radical (unpaired) electrons. The molecule has 3 rings (SSSR count). The number of pyridine rings is 1. The van der Waals surface area contributed by atoms with Crippen molar-refractivity contribution in [3.63, 3.8) is 0 Å². The topological polar surface area (TPSA) is 42.4 Å². The van der Waals surface area contributed by atoms with Gasteiger partial charge in [0.25, 0.3) is 5.91 Å². The van der Waals surface area contributed by atoms with Crippen molar-refractivity contribution >= 4 is 21.8 Å². The van der Waals surface area contributed by atoms with E-state index in [1.807, 2.05) is 24.0 Å². The van der Waals surface area contributed by atoms with Crippen molar-refractivity contribution in [3.05, 3.63) is 58.2 Å². The molecule has 0 spiro atoms. The van der Waals surface area contributed by atoms with Crippen LogP contribution < -0.4 is 4.74 Å². The summed E-state index contributed by atoms with van der Waals surface area (Å²) < 4.78 is 6.44. The van der Waals surface area contributed by atoms with Crippen LogP contribution in [0.3, 0.4) is 0 Å². The number of halogens is 1. The Labute approximate surface area is 144 Å². The van der Waals surface area contributed by atoms with Gasteiger partial charge in [0.2, 0.25) is 5.88 Å². The van der Waals surface area contributed by atoms with Gasteiger partial charge in [-0.3, -0.25) is 4.79 Å². The van der Waals surface area contributed by atoms with Gasteiger partial charge in [-0.15, -0.1) is 0 Å². The SMILES string of the molecule is CCOc1cc(C(=O)N2CCCC2c2cccc(Br)c2)ccn1. The van der Waals surface area contributed by atoms with Crippen LogP contribution in [0.1, 0.15) is 41.7 Å². The van der Waals surface area contributed by atoms with Crippen LogP contribution >= 0.6 is 15.9 Å². The van der Waals surface area contributed by atoms with Gasteiger partial charge in [0.1, 0.15) is 0 Å². The molecule has 1 unspecified atom stereocenters. The molecule has 2 heterocycles. The van der Waals surface area contributed by atoms with Crippen LogP contribution in [0, 0.1) is 0 Å². The molecular weight excluding hydrogens is 356 g/mol.